The first kappa shape index (κ1) is 20.9. The standard InChI is InChI=1S/C19H24N6O.HI/c1-5-10-20-19(22-12-18-24-23-14(3)25(18)4)21-11-17-13(2)15-8-6-7-9-16(15)26-17;/h5-9H,1,10-12H2,2-4H3,(H2,20,21,22);1H. The fourth-order valence-electron chi connectivity index (χ4n) is 2.64. The third-order valence-corrected chi connectivity index (χ3v) is 4.33. The summed E-state index contributed by atoms with van der Waals surface area (Å²) >= 11 is 0. The van der Waals surface area contributed by atoms with Crippen molar-refractivity contribution in [3.8, 4) is 0 Å². The molecule has 0 aliphatic rings. The van der Waals surface area contributed by atoms with Crippen LogP contribution in [-0.2, 0) is 20.1 Å². The zero-order valence-corrected chi connectivity index (χ0v) is 18.2. The van der Waals surface area contributed by atoms with Crippen LogP contribution in [0.25, 0.3) is 11.0 Å². The number of rotatable bonds is 6. The van der Waals surface area contributed by atoms with Crippen molar-refractivity contribution in [1.82, 2.24) is 25.4 Å². The van der Waals surface area contributed by atoms with Gasteiger partial charge in [-0.2, -0.15) is 0 Å². The van der Waals surface area contributed by atoms with Gasteiger partial charge in [0.2, 0.25) is 0 Å². The van der Waals surface area contributed by atoms with Gasteiger partial charge in [0.15, 0.2) is 11.8 Å². The Labute approximate surface area is 176 Å². The van der Waals surface area contributed by atoms with Gasteiger partial charge in [0, 0.05) is 24.5 Å². The van der Waals surface area contributed by atoms with Crippen LogP contribution in [0.15, 0.2) is 46.3 Å². The number of guanidine groups is 1. The Morgan fingerprint density at radius 2 is 2.04 bits per heavy atom. The fourth-order valence-corrected chi connectivity index (χ4v) is 2.64. The van der Waals surface area contributed by atoms with E-state index in [0.29, 0.717) is 25.6 Å². The molecule has 2 N–H and O–H groups in total. The second-order valence-corrected chi connectivity index (χ2v) is 6.06. The van der Waals surface area contributed by atoms with E-state index in [4.69, 9.17) is 4.42 Å². The van der Waals surface area contributed by atoms with E-state index in [-0.39, 0.29) is 24.0 Å². The quantitative estimate of drug-likeness (QED) is 0.245. The summed E-state index contributed by atoms with van der Waals surface area (Å²) in [6, 6.07) is 8.04. The number of aliphatic imine (C=N–C) groups is 1. The van der Waals surface area contributed by atoms with Crippen molar-refractivity contribution >= 4 is 40.9 Å². The molecular formula is C19H25IN6O. The molecule has 2 heterocycles. The number of nitrogens with zero attached hydrogens (tertiary/aromatic N) is 4. The molecule has 0 amide bonds. The minimum atomic E-state index is 0. The highest BCUT2D eigenvalue weighted by Gasteiger charge is 2.11. The van der Waals surface area contributed by atoms with Crippen LogP contribution >= 0.6 is 24.0 Å². The molecule has 0 saturated heterocycles. The third kappa shape index (κ3) is 4.88. The molecule has 0 saturated carbocycles. The maximum atomic E-state index is 5.95. The number of hydrogen-bond acceptors (Lipinski definition) is 4. The molecule has 3 aromatic rings. The number of halogens is 1. The Hall–Kier alpha value is -2.36. The Morgan fingerprint density at radius 1 is 1.26 bits per heavy atom. The predicted molar refractivity (Wildman–Crippen MR) is 118 cm³/mol. The van der Waals surface area contributed by atoms with Gasteiger partial charge >= 0.3 is 0 Å². The molecule has 3 rings (SSSR count). The predicted octanol–water partition coefficient (Wildman–Crippen LogP) is 3.22. The lowest BCUT2D eigenvalue weighted by Crippen LogP contribution is -2.37. The summed E-state index contributed by atoms with van der Waals surface area (Å²) in [6.07, 6.45) is 1.79. The minimum absolute atomic E-state index is 0. The molecule has 0 aliphatic heterocycles. The van der Waals surface area contributed by atoms with Crippen LogP contribution in [0.5, 0.6) is 0 Å². The van der Waals surface area contributed by atoms with E-state index in [0.717, 1.165) is 33.9 Å². The van der Waals surface area contributed by atoms with Gasteiger partial charge in [0.05, 0.1) is 6.54 Å². The summed E-state index contributed by atoms with van der Waals surface area (Å²) in [7, 11) is 1.93. The SMILES string of the molecule is C=CCNC(=NCc1nnc(C)n1C)NCc1oc2ccccc2c1C.I. The van der Waals surface area contributed by atoms with Crippen molar-refractivity contribution in [3.63, 3.8) is 0 Å². The molecule has 0 unspecified atom stereocenters. The highest BCUT2D eigenvalue weighted by Crippen LogP contribution is 2.24. The number of para-hydroxylation sites is 1. The van der Waals surface area contributed by atoms with Crippen LogP contribution in [0.3, 0.4) is 0 Å². The molecular weight excluding hydrogens is 455 g/mol. The molecule has 0 radical (unpaired) electrons. The van der Waals surface area contributed by atoms with Crippen LogP contribution < -0.4 is 10.6 Å². The van der Waals surface area contributed by atoms with E-state index in [2.05, 4.69) is 45.4 Å². The summed E-state index contributed by atoms with van der Waals surface area (Å²) in [5.74, 6) is 3.24. The fraction of sp³-hybridized carbons (Fsp3) is 0.316. The summed E-state index contributed by atoms with van der Waals surface area (Å²) in [6.45, 7) is 9.31. The number of aromatic nitrogens is 3. The van der Waals surface area contributed by atoms with E-state index in [1.165, 1.54) is 0 Å². The van der Waals surface area contributed by atoms with E-state index in [1.807, 2.05) is 36.7 Å². The molecule has 2 aromatic heterocycles. The molecule has 0 fully saturated rings. The topological polar surface area (TPSA) is 80.3 Å². The lowest BCUT2D eigenvalue weighted by molar-refractivity contribution is 0.534. The molecule has 0 spiro atoms. The Bertz CT molecular complexity index is 943. The second kappa shape index (κ2) is 9.54. The van der Waals surface area contributed by atoms with Crippen molar-refractivity contribution in [2.24, 2.45) is 12.0 Å². The van der Waals surface area contributed by atoms with Gasteiger partial charge in [-0.15, -0.1) is 40.8 Å². The van der Waals surface area contributed by atoms with Crippen LogP contribution in [-0.4, -0.2) is 27.3 Å². The number of fused-ring (bicyclic) bond motifs is 1. The molecule has 144 valence electrons. The van der Waals surface area contributed by atoms with Crippen molar-refractivity contribution < 1.29 is 4.42 Å². The van der Waals surface area contributed by atoms with Crippen LogP contribution in [0.4, 0.5) is 0 Å². The Balaban J connectivity index is 0.00000261. The van der Waals surface area contributed by atoms with Gasteiger partial charge in [-0.25, -0.2) is 4.99 Å². The second-order valence-electron chi connectivity index (χ2n) is 6.06. The minimum Gasteiger partial charge on any atom is -0.459 e. The smallest absolute Gasteiger partial charge is 0.192 e. The first-order valence-corrected chi connectivity index (χ1v) is 8.55. The lowest BCUT2D eigenvalue weighted by atomic mass is 10.1. The summed E-state index contributed by atoms with van der Waals surface area (Å²) < 4.78 is 7.88. The van der Waals surface area contributed by atoms with E-state index < -0.39 is 0 Å². The highest BCUT2D eigenvalue weighted by molar-refractivity contribution is 14.0. The van der Waals surface area contributed by atoms with Crippen LogP contribution in [0.1, 0.15) is 23.0 Å². The molecule has 0 aliphatic carbocycles. The highest BCUT2D eigenvalue weighted by atomic mass is 127. The van der Waals surface area contributed by atoms with Crippen molar-refractivity contribution in [1.29, 1.82) is 0 Å². The molecule has 1 aromatic carbocycles. The largest absolute Gasteiger partial charge is 0.459 e. The lowest BCUT2D eigenvalue weighted by Gasteiger charge is -2.10. The van der Waals surface area contributed by atoms with Gasteiger partial charge in [-0.3, -0.25) is 0 Å². The molecule has 8 heteroatoms. The average molecular weight is 480 g/mol. The number of aryl methyl sites for hydroxylation is 2. The first-order valence-electron chi connectivity index (χ1n) is 8.55. The molecule has 0 atom stereocenters. The zero-order chi connectivity index (χ0) is 18.5. The van der Waals surface area contributed by atoms with Crippen LogP contribution in [0, 0.1) is 13.8 Å². The zero-order valence-electron chi connectivity index (χ0n) is 15.8. The van der Waals surface area contributed by atoms with Gasteiger partial charge in [-0.05, 0) is 19.9 Å². The summed E-state index contributed by atoms with van der Waals surface area (Å²) in [5.41, 5.74) is 2.04. The number of furan rings is 1. The monoisotopic (exact) mass is 480 g/mol. The van der Waals surface area contributed by atoms with Gasteiger partial charge in [0.1, 0.15) is 23.7 Å². The maximum absolute atomic E-state index is 5.95. The van der Waals surface area contributed by atoms with Crippen molar-refractivity contribution in [3.05, 3.63) is 59.9 Å². The third-order valence-electron chi connectivity index (χ3n) is 4.33. The molecule has 27 heavy (non-hydrogen) atoms. The maximum Gasteiger partial charge on any atom is 0.192 e. The van der Waals surface area contributed by atoms with E-state index in [9.17, 15) is 0 Å². The van der Waals surface area contributed by atoms with Gasteiger partial charge < -0.3 is 19.6 Å². The van der Waals surface area contributed by atoms with E-state index in [1.54, 1.807) is 6.08 Å². The summed E-state index contributed by atoms with van der Waals surface area (Å²) in [4.78, 5) is 4.59. The molecule has 0 bridgehead atoms. The van der Waals surface area contributed by atoms with Gasteiger partial charge in [-0.1, -0.05) is 24.3 Å². The van der Waals surface area contributed by atoms with Crippen molar-refractivity contribution in [2.75, 3.05) is 6.54 Å². The normalized spacial score (nSPS) is 11.3. The number of hydrogen-bond donors (Lipinski definition) is 2. The van der Waals surface area contributed by atoms with Crippen molar-refractivity contribution in [2.45, 2.75) is 26.9 Å². The average Bonchev–Trinajstić information content (AvgIpc) is 3.15. The Morgan fingerprint density at radius 3 is 2.70 bits per heavy atom. The van der Waals surface area contributed by atoms with E-state index >= 15 is 0 Å². The number of benzene rings is 1. The molecule has 7 nitrogen and oxygen atoms in total. The Kier molecular flexibility index (Phi) is 7.40. The van der Waals surface area contributed by atoms with Crippen LogP contribution in [0.2, 0.25) is 0 Å². The first-order chi connectivity index (χ1) is 12.6. The number of nitrogens with one attached hydrogen (secondary N) is 2. The van der Waals surface area contributed by atoms with Gasteiger partial charge in [0.25, 0.3) is 0 Å². The summed E-state index contributed by atoms with van der Waals surface area (Å²) in [5, 5.41) is 15.9.